The van der Waals surface area contributed by atoms with Gasteiger partial charge < -0.3 is 9.94 Å². The molecule has 0 fully saturated rings. The van der Waals surface area contributed by atoms with Gasteiger partial charge in [0.1, 0.15) is 5.75 Å². The van der Waals surface area contributed by atoms with Gasteiger partial charge in [0, 0.05) is 5.56 Å². The fourth-order valence-corrected chi connectivity index (χ4v) is 1.24. The summed E-state index contributed by atoms with van der Waals surface area (Å²) in [6.07, 6.45) is 3.14. The summed E-state index contributed by atoms with van der Waals surface area (Å²) in [6.45, 7) is 0. The van der Waals surface area contributed by atoms with Crippen LogP contribution in [0.3, 0.4) is 0 Å². The Hall–Kier alpha value is -1.97. The van der Waals surface area contributed by atoms with Gasteiger partial charge in [0.25, 0.3) is 0 Å². The van der Waals surface area contributed by atoms with Gasteiger partial charge in [-0.15, -0.1) is 9.94 Å². The molecule has 72 valence electrons. The van der Waals surface area contributed by atoms with E-state index in [4.69, 9.17) is 9.94 Å². The Kier molecular flexibility index (Phi) is 2.10. The van der Waals surface area contributed by atoms with Crippen LogP contribution in [-0.2, 0) is 0 Å². The first-order valence-electron chi connectivity index (χ1n) is 4.18. The van der Waals surface area contributed by atoms with Gasteiger partial charge in [-0.05, 0) is 17.7 Å². The second kappa shape index (κ2) is 3.41. The van der Waals surface area contributed by atoms with E-state index in [1.54, 1.807) is 19.5 Å². The minimum atomic E-state index is 0.791. The fourth-order valence-electron chi connectivity index (χ4n) is 1.24. The van der Waals surface area contributed by atoms with Crippen molar-refractivity contribution in [1.82, 2.24) is 9.94 Å². The lowest BCUT2D eigenvalue weighted by molar-refractivity contribution is 0.149. The van der Waals surface area contributed by atoms with E-state index in [-0.39, 0.29) is 0 Å². The summed E-state index contributed by atoms with van der Waals surface area (Å²) in [7, 11) is 1.63. The molecular weight excluding hydrogens is 180 g/mol. The van der Waals surface area contributed by atoms with Crippen LogP contribution in [0.15, 0.2) is 36.7 Å². The number of ether oxygens (including phenoxy) is 1. The molecule has 0 aliphatic rings. The van der Waals surface area contributed by atoms with E-state index < -0.39 is 0 Å². The predicted octanol–water partition coefficient (Wildman–Crippen LogP) is 1.80. The van der Waals surface area contributed by atoms with E-state index in [2.05, 4.69) is 5.10 Å². The van der Waals surface area contributed by atoms with Gasteiger partial charge in [-0.2, -0.15) is 0 Å². The molecule has 2 rings (SSSR count). The lowest BCUT2D eigenvalue weighted by atomic mass is 10.1. The van der Waals surface area contributed by atoms with E-state index in [1.165, 1.54) is 0 Å². The van der Waals surface area contributed by atoms with Crippen molar-refractivity contribution in [3.63, 3.8) is 0 Å². The van der Waals surface area contributed by atoms with E-state index in [0.717, 1.165) is 21.7 Å². The summed E-state index contributed by atoms with van der Waals surface area (Å²) in [5.41, 5.74) is 1.86. The van der Waals surface area contributed by atoms with Crippen LogP contribution in [0.2, 0.25) is 0 Å². The molecule has 0 aliphatic carbocycles. The number of methoxy groups -OCH3 is 1. The zero-order valence-corrected chi connectivity index (χ0v) is 7.71. The second-order valence-electron chi connectivity index (χ2n) is 2.88. The molecule has 4 heteroatoms. The molecule has 1 N–H and O–H groups in total. The molecule has 4 nitrogen and oxygen atoms in total. The van der Waals surface area contributed by atoms with Gasteiger partial charge in [-0.3, -0.25) is 0 Å². The minimum Gasteiger partial charge on any atom is -0.497 e. The van der Waals surface area contributed by atoms with Crippen molar-refractivity contribution in [3.8, 4) is 16.9 Å². The predicted molar refractivity (Wildman–Crippen MR) is 51.4 cm³/mol. The molecule has 0 amide bonds. The standard InChI is InChI=1S/C10H10N2O2/c1-14-10-4-2-8(3-5-10)9-6-11-12(13)7-9/h2-7,13H,1H3. The second-order valence-corrected chi connectivity index (χ2v) is 2.88. The molecule has 1 aromatic heterocycles. The molecule has 0 radical (unpaired) electrons. The first-order chi connectivity index (χ1) is 6.79. The average molecular weight is 190 g/mol. The van der Waals surface area contributed by atoms with Gasteiger partial charge >= 0.3 is 0 Å². The lowest BCUT2D eigenvalue weighted by Crippen LogP contribution is -1.86. The third-order valence-electron chi connectivity index (χ3n) is 1.99. The molecule has 0 saturated heterocycles. The van der Waals surface area contributed by atoms with Crippen LogP contribution in [0.1, 0.15) is 0 Å². The maximum absolute atomic E-state index is 9.00. The lowest BCUT2D eigenvalue weighted by Gasteiger charge is -2.00. The first-order valence-corrected chi connectivity index (χ1v) is 4.18. The largest absolute Gasteiger partial charge is 0.497 e. The maximum atomic E-state index is 9.00. The third kappa shape index (κ3) is 1.54. The van der Waals surface area contributed by atoms with Crippen LogP contribution in [0.25, 0.3) is 11.1 Å². The number of nitrogens with zero attached hydrogens (tertiary/aromatic N) is 2. The van der Waals surface area contributed by atoms with E-state index in [1.807, 2.05) is 24.3 Å². The number of benzene rings is 1. The fraction of sp³-hybridized carbons (Fsp3) is 0.100. The van der Waals surface area contributed by atoms with Crippen molar-refractivity contribution in [3.05, 3.63) is 36.7 Å². The van der Waals surface area contributed by atoms with Crippen molar-refractivity contribution in [2.75, 3.05) is 7.11 Å². The number of aromatic nitrogens is 2. The molecule has 14 heavy (non-hydrogen) atoms. The van der Waals surface area contributed by atoms with Crippen LogP contribution in [0, 0.1) is 0 Å². The topological polar surface area (TPSA) is 47.3 Å². The molecule has 2 aromatic rings. The quantitative estimate of drug-likeness (QED) is 0.734. The Bertz CT molecular complexity index is 420. The van der Waals surface area contributed by atoms with Crippen LogP contribution in [-0.4, -0.2) is 22.3 Å². The Morgan fingerprint density at radius 1 is 1.21 bits per heavy atom. The highest BCUT2D eigenvalue weighted by Gasteiger charge is 2.00. The monoisotopic (exact) mass is 190 g/mol. The highest BCUT2D eigenvalue weighted by atomic mass is 16.5. The van der Waals surface area contributed by atoms with Crippen molar-refractivity contribution in [2.45, 2.75) is 0 Å². The number of rotatable bonds is 2. The minimum absolute atomic E-state index is 0.791. The Morgan fingerprint density at radius 2 is 1.93 bits per heavy atom. The Balaban J connectivity index is 2.33. The number of hydrogen-bond donors (Lipinski definition) is 1. The summed E-state index contributed by atoms with van der Waals surface area (Å²) in [4.78, 5) is 0.791. The zero-order valence-electron chi connectivity index (χ0n) is 7.71. The first kappa shape index (κ1) is 8.62. The van der Waals surface area contributed by atoms with E-state index >= 15 is 0 Å². The smallest absolute Gasteiger partial charge is 0.118 e. The average Bonchev–Trinajstić information content (AvgIpc) is 2.65. The summed E-state index contributed by atoms with van der Waals surface area (Å²) in [5, 5.41) is 12.7. The molecule has 1 aromatic carbocycles. The molecule has 0 aliphatic heterocycles. The highest BCUT2D eigenvalue weighted by molar-refractivity contribution is 5.62. The van der Waals surface area contributed by atoms with Gasteiger partial charge in [-0.25, -0.2) is 0 Å². The Morgan fingerprint density at radius 3 is 2.43 bits per heavy atom. The van der Waals surface area contributed by atoms with E-state index in [9.17, 15) is 0 Å². The molecule has 0 bridgehead atoms. The van der Waals surface area contributed by atoms with Gasteiger partial charge in [0.2, 0.25) is 0 Å². The molecule has 1 heterocycles. The van der Waals surface area contributed by atoms with E-state index in [0.29, 0.717) is 0 Å². The summed E-state index contributed by atoms with van der Waals surface area (Å²) in [6, 6.07) is 7.56. The number of hydrogen-bond acceptors (Lipinski definition) is 3. The van der Waals surface area contributed by atoms with Crippen LogP contribution < -0.4 is 4.74 Å². The summed E-state index contributed by atoms with van der Waals surface area (Å²) in [5.74, 6) is 0.810. The molecule has 0 saturated carbocycles. The Labute approximate surface area is 81.3 Å². The molecule has 0 atom stereocenters. The van der Waals surface area contributed by atoms with Crippen LogP contribution in [0.4, 0.5) is 0 Å². The van der Waals surface area contributed by atoms with Gasteiger partial charge in [-0.1, -0.05) is 12.1 Å². The molecular formula is C10H10N2O2. The highest BCUT2D eigenvalue weighted by Crippen LogP contribution is 2.21. The summed E-state index contributed by atoms with van der Waals surface area (Å²) < 4.78 is 5.04. The van der Waals surface area contributed by atoms with Gasteiger partial charge in [0.15, 0.2) is 0 Å². The molecule has 0 unspecified atom stereocenters. The SMILES string of the molecule is COc1ccc(-c2cnn(O)c2)cc1. The normalized spacial score (nSPS) is 10.1. The van der Waals surface area contributed by atoms with Crippen LogP contribution in [0.5, 0.6) is 5.75 Å². The maximum Gasteiger partial charge on any atom is 0.118 e. The van der Waals surface area contributed by atoms with Crippen molar-refractivity contribution in [1.29, 1.82) is 0 Å². The zero-order chi connectivity index (χ0) is 9.97. The third-order valence-corrected chi connectivity index (χ3v) is 1.99. The summed E-state index contributed by atoms with van der Waals surface area (Å²) >= 11 is 0. The van der Waals surface area contributed by atoms with Crippen molar-refractivity contribution in [2.24, 2.45) is 0 Å². The van der Waals surface area contributed by atoms with Crippen LogP contribution >= 0.6 is 0 Å². The van der Waals surface area contributed by atoms with Crippen molar-refractivity contribution >= 4 is 0 Å². The van der Waals surface area contributed by atoms with Crippen molar-refractivity contribution < 1.29 is 9.94 Å². The molecule has 0 spiro atoms. The van der Waals surface area contributed by atoms with Gasteiger partial charge in [0.05, 0.1) is 19.5 Å².